The predicted molar refractivity (Wildman–Crippen MR) is 49.9 cm³/mol. The van der Waals surface area contributed by atoms with E-state index in [2.05, 4.69) is 17.3 Å². The molecule has 0 aliphatic rings. The monoisotopic (exact) mass is 174 g/mol. The lowest BCUT2D eigenvalue weighted by molar-refractivity contribution is 0.353. The summed E-state index contributed by atoms with van der Waals surface area (Å²) in [4.78, 5) is 3.84. The van der Waals surface area contributed by atoms with E-state index in [1.54, 1.807) is 31.3 Å². The summed E-state index contributed by atoms with van der Waals surface area (Å²) in [7, 11) is 0. The van der Waals surface area contributed by atoms with Crippen LogP contribution in [-0.4, -0.2) is 11.6 Å². The van der Waals surface area contributed by atoms with Crippen LogP contribution in [0.2, 0.25) is 0 Å². The molecule has 3 nitrogen and oxygen atoms in total. The Morgan fingerprint density at radius 2 is 2.31 bits per heavy atom. The second kappa shape index (κ2) is 8.10. The van der Waals surface area contributed by atoms with Crippen molar-refractivity contribution in [2.75, 3.05) is 6.61 Å². The molecule has 0 unspecified atom stereocenters. The molecule has 0 N–H and O–H groups in total. The Balaban J connectivity index is 0.000000424. The molecule has 0 saturated heterocycles. The maximum absolute atomic E-state index is 8.12. The lowest BCUT2D eigenvalue weighted by Crippen LogP contribution is -1.94. The fraction of sp³-hybridized carbons (Fsp3) is 0.200. The minimum atomic E-state index is 0.0526. The van der Waals surface area contributed by atoms with E-state index in [-0.39, 0.29) is 6.61 Å². The van der Waals surface area contributed by atoms with Gasteiger partial charge in [-0.05, 0) is 13.0 Å². The summed E-state index contributed by atoms with van der Waals surface area (Å²) < 4.78 is 4.88. The molecule has 0 aliphatic heterocycles. The Hall–Kier alpha value is -2.00. The highest BCUT2D eigenvalue weighted by molar-refractivity contribution is 5.09. The second-order valence-electron chi connectivity index (χ2n) is 1.90. The summed E-state index contributed by atoms with van der Waals surface area (Å²) in [5.74, 6) is 2.74. The molecule has 66 valence electrons. The number of aromatic nitrogens is 1. The number of nitriles is 1. The zero-order valence-corrected chi connectivity index (χ0v) is 7.40. The van der Waals surface area contributed by atoms with Gasteiger partial charge in [0.15, 0.2) is 6.61 Å². The fourth-order valence-corrected chi connectivity index (χ4v) is 0.539. The molecular formula is C10H10N2O. The highest BCUT2D eigenvalue weighted by atomic mass is 16.5. The first-order valence-corrected chi connectivity index (χ1v) is 3.63. The van der Waals surface area contributed by atoms with Crippen molar-refractivity contribution in [2.24, 2.45) is 0 Å². The molecule has 0 aliphatic carbocycles. The number of ether oxygens (including phenoxy) is 1. The summed E-state index contributed by atoms with van der Waals surface area (Å²) in [5.41, 5.74) is 0. The summed E-state index contributed by atoms with van der Waals surface area (Å²) >= 11 is 0. The van der Waals surface area contributed by atoms with Gasteiger partial charge in [0, 0.05) is 12.3 Å². The van der Waals surface area contributed by atoms with Crippen LogP contribution in [0.3, 0.4) is 0 Å². The van der Waals surface area contributed by atoms with Crippen molar-refractivity contribution in [3.05, 3.63) is 24.4 Å². The SMILES string of the molecule is C#CC.N#CCOc1ccccn1. The number of nitrogens with zero attached hydrogens (tertiary/aromatic N) is 2. The Bertz CT molecular complexity index is 295. The van der Waals surface area contributed by atoms with E-state index in [0.29, 0.717) is 5.88 Å². The van der Waals surface area contributed by atoms with Gasteiger partial charge in [-0.15, -0.1) is 12.3 Å². The molecule has 0 radical (unpaired) electrons. The zero-order valence-electron chi connectivity index (χ0n) is 7.40. The molecule has 13 heavy (non-hydrogen) atoms. The molecule has 1 aromatic heterocycles. The molecule has 0 spiro atoms. The number of rotatable bonds is 2. The molecular weight excluding hydrogens is 164 g/mol. The van der Waals surface area contributed by atoms with Gasteiger partial charge in [0.1, 0.15) is 6.07 Å². The Labute approximate surface area is 78.0 Å². The van der Waals surface area contributed by atoms with Crippen molar-refractivity contribution in [3.8, 4) is 24.3 Å². The molecule has 1 aromatic rings. The second-order valence-corrected chi connectivity index (χ2v) is 1.90. The standard InChI is InChI=1S/C7H6N2O.C3H4/c8-4-6-10-7-3-1-2-5-9-7;1-3-2/h1-3,5H,6H2;1H,2H3. The lowest BCUT2D eigenvalue weighted by Gasteiger charge is -1.96. The largest absolute Gasteiger partial charge is 0.462 e. The molecule has 0 saturated carbocycles. The highest BCUT2D eigenvalue weighted by Crippen LogP contribution is 2.01. The van der Waals surface area contributed by atoms with E-state index in [1.165, 1.54) is 0 Å². The van der Waals surface area contributed by atoms with Crippen LogP contribution in [0.5, 0.6) is 5.88 Å². The molecule has 1 rings (SSSR count). The number of pyridine rings is 1. The third-order valence-corrected chi connectivity index (χ3v) is 0.922. The van der Waals surface area contributed by atoms with E-state index < -0.39 is 0 Å². The van der Waals surface area contributed by atoms with Crippen LogP contribution in [-0.2, 0) is 0 Å². The van der Waals surface area contributed by atoms with Gasteiger partial charge in [-0.3, -0.25) is 0 Å². The normalized spacial score (nSPS) is 7.00. The number of terminal acetylenes is 1. The van der Waals surface area contributed by atoms with E-state index in [1.807, 2.05) is 6.07 Å². The van der Waals surface area contributed by atoms with Gasteiger partial charge in [0.2, 0.25) is 5.88 Å². The van der Waals surface area contributed by atoms with Crippen molar-refractivity contribution >= 4 is 0 Å². The first kappa shape index (κ1) is 11.0. The minimum absolute atomic E-state index is 0.0526. The third kappa shape index (κ3) is 6.40. The average molecular weight is 174 g/mol. The van der Waals surface area contributed by atoms with Gasteiger partial charge in [-0.1, -0.05) is 6.07 Å². The van der Waals surface area contributed by atoms with Crippen LogP contribution in [0.15, 0.2) is 24.4 Å². The van der Waals surface area contributed by atoms with E-state index >= 15 is 0 Å². The van der Waals surface area contributed by atoms with Crippen molar-refractivity contribution < 1.29 is 4.74 Å². The van der Waals surface area contributed by atoms with E-state index in [0.717, 1.165) is 0 Å². The van der Waals surface area contributed by atoms with E-state index in [4.69, 9.17) is 10.00 Å². The van der Waals surface area contributed by atoms with Crippen molar-refractivity contribution in [1.82, 2.24) is 4.98 Å². The Kier molecular flexibility index (Phi) is 6.85. The summed E-state index contributed by atoms with van der Waals surface area (Å²) in [6.07, 6.45) is 6.21. The van der Waals surface area contributed by atoms with Crippen molar-refractivity contribution in [1.29, 1.82) is 5.26 Å². The third-order valence-electron chi connectivity index (χ3n) is 0.922. The number of hydrogen-bond acceptors (Lipinski definition) is 3. The summed E-state index contributed by atoms with van der Waals surface area (Å²) in [6.45, 7) is 1.71. The van der Waals surface area contributed by atoms with Crippen LogP contribution >= 0.6 is 0 Å². The molecule has 3 heteroatoms. The molecule has 0 fully saturated rings. The zero-order chi connectivity index (χ0) is 9.94. The first-order chi connectivity index (χ1) is 6.35. The van der Waals surface area contributed by atoms with Crippen LogP contribution in [0, 0.1) is 23.7 Å². The maximum Gasteiger partial charge on any atom is 0.214 e. The molecule has 0 amide bonds. The fourth-order valence-electron chi connectivity index (χ4n) is 0.539. The van der Waals surface area contributed by atoms with Crippen LogP contribution in [0.25, 0.3) is 0 Å². The summed E-state index contributed by atoms with van der Waals surface area (Å²) in [5, 5.41) is 8.12. The average Bonchev–Trinajstić information content (AvgIpc) is 2.18. The molecule has 0 aromatic carbocycles. The van der Waals surface area contributed by atoms with Gasteiger partial charge in [0.05, 0.1) is 0 Å². The predicted octanol–water partition coefficient (Wildman–Crippen LogP) is 1.62. The van der Waals surface area contributed by atoms with Gasteiger partial charge in [-0.2, -0.15) is 5.26 Å². The smallest absolute Gasteiger partial charge is 0.214 e. The van der Waals surface area contributed by atoms with Gasteiger partial charge < -0.3 is 4.74 Å². The van der Waals surface area contributed by atoms with Crippen LogP contribution < -0.4 is 4.74 Å². The highest BCUT2D eigenvalue weighted by Gasteiger charge is 1.88. The molecule has 0 bridgehead atoms. The van der Waals surface area contributed by atoms with Gasteiger partial charge in [-0.25, -0.2) is 4.98 Å². The summed E-state index contributed by atoms with van der Waals surface area (Å²) in [6, 6.07) is 7.16. The van der Waals surface area contributed by atoms with Gasteiger partial charge >= 0.3 is 0 Å². The Morgan fingerprint density at radius 1 is 1.62 bits per heavy atom. The van der Waals surface area contributed by atoms with Crippen LogP contribution in [0.4, 0.5) is 0 Å². The van der Waals surface area contributed by atoms with Gasteiger partial charge in [0.25, 0.3) is 0 Å². The number of hydrogen-bond donors (Lipinski definition) is 0. The quantitative estimate of drug-likeness (QED) is 0.640. The maximum atomic E-state index is 8.12. The molecule has 1 heterocycles. The first-order valence-electron chi connectivity index (χ1n) is 3.63. The topological polar surface area (TPSA) is 45.9 Å². The molecule has 0 atom stereocenters. The lowest BCUT2D eigenvalue weighted by atomic mass is 10.5. The minimum Gasteiger partial charge on any atom is -0.462 e. The van der Waals surface area contributed by atoms with Crippen molar-refractivity contribution in [2.45, 2.75) is 6.92 Å². The van der Waals surface area contributed by atoms with Crippen molar-refractivity contribution in [3.63, 3.8) is 0 Å². The Morgan fingerprint density at radius 3 is 2.77 bits per heavy atom. The van der Waals surface area contributed by atoms with Crippen LogP contribution in [0.1, 0.15) is 6.92 Å². The van der Waals surface area contributed by atoms with E-state index in [9.17, 15) is 0 Å².